The number of carbonyl (C=O) groups is 1. The minimum Gasteiger partial charge on any atom is -0.497 e. The lowest BCUT2D eigenvalue weighted by Gasteiger charge is -2.28. The van der Waals surface area contributed by atoms with Crippen molar-refractivity contribution in [1.82, 2.24) is 9.80 Å². The third-order valence-electron chi connectivity index (χ3n) is 5.94. The largest absolute Gasteiger partial charge is 0.497 e. The zero-order valence-electron chi connectivity index (χ0n) is 17.8. The molecular formula is C24H29FN2O3S. The van der Waals surface area contributed by atoms with Crippen molar-refractivity contribution in [2.75, 3.05) is 38.2 Å². The fourth-order valence-electron chi connectivity index (χ4n) is 4.13. The molecule has 2 aliphatic rings. The number of methoxy groups -OCH3 is 1. The van der Waals surface area contributed by atoms with Crippen LogP contribution in [0.15, 0.2) is 48.5 Å². The summed E-state index contributed by atoms with van der Waals surface area (Å²) in [5.74, 6) is 2.83. The van der Waals surface area contributed by atoms with Gasteiger partial charge in [0.25, 0.3) is 0 Å². The topological polar surface area (TPSA) is 42.0 Å². The van der Waals surface area contributed by atoms with Crippen molar-refractivity contribution in [3.63, 3.8) is 0 Å². The van der Waals surface area contributed by atoms with Gasteiger partial charge in [-0.1, -0.05) is 30.3 Å². The van der Waals surface area contributed by atoms with Crippen LogP contribution in [-0.2, 0) is 22.7 Å². The first-order valence-electron chi connectivity index (χ1n) is 10.7. The highest BCUT2D eigenvalue weighted by molar-refractivity contribution is 7.99. The molecule has 2 aromatic carbocycles. The number of nitrogens with zero attached hydrogens (tertiary/aromatic N) is 2. The Morgan fingerprint density at radius 1 is 1.13 bits per heavy atom. The van der Waals surface area contributed by atoms with E-state index in [-0.39, 0.29) is 24.4 Å². The molecule has 0 aromatic heterocycles. The number of amides is 1. The van der Waals surface area contributed by atoms with Crippen LogP contribution in [0.5, 0.6) is 5.75 Å². The summed E-state index contributed by atoms with van der Waals surface area (Å²) in [7, 11) is 1.64. The van der Waals surface area contributed by atoms with Crippen LogP contribution in [-0.4, -0.2) is 66.1 Å². The number of halogens is 1. The summed E-state index contributed by atoms with van der Waals surface area (Å²) in [5, 5.41) is 0. The van der Waals surface area contributed by atoms with E-state index in [4.69, 9.17) is 9.47 Å². The lowest BCUT2D eigenvalue weighted by molar-refractivity contribution is -0.132. The maximum absolute atomic E-state index is 14.1. The molecule has 31 heavy (non-hydrogen) atoms. The highest BCUT2D eigenvalue weighted by atomic mass is 32.2. The van der Waals surface area contributed by atoms with Crippen LogP contribution >= 0.6 is 11.8 Å². The average molecular weight is 445 g/mol. The lowest BCUT2D eigenvalue weighted by atomic mass is 10.2. The second-order valence-electron chi connectivity index (χ2n) is 8.09. The van der Waals surface area contributed by atoms with Gasteiger partial charge in [-0.15, -0.1) is 0 Å². The van der Waals surface area contributed by atoms with Crippen molar-refractivity contribution >= 4 is 17.7 Å². The second kappa shape index (κ2) is 10.5. The normalized spacial score (nSPS) is 22.5. The van der Waals surface area contributed by atoms with Crippen LogP contribution in [0.1, 0.15) is 17.5 Å². The molecule has 0 radical (unpaired) electrons. The average Bonchev–Trinajstić information content (AvgIpc) is 3.27. The molecule has 0 spiro atoms. The van der Waals surface area contributed by atoms with Gasteiger partial charge in [0.15, 0.2) is 0 Å². The number of rotatable bonds is 7. The van der Waals surface area contributed by atoms with Crippen molar-refractivity contribution in [1.29, 1.82) is 0 Å². The number of hydrogen-bond donors (Lipinski definition) is 0. The van der Waals surface area contributed by atoms with E-state index in [0.29, 0.717) is 37.8 Å². The molecule has 1 amide bonds. The molecule has 2 fully saturated rings. The zero-order chi connectivity index (χ0) is 21.6. The van der Waals surface area contributed by atoms with Crippen molar-refractivity contribution in [2.45, 2.75) is 31.7 Å². The number of carbonyl (C=O) groups excluding carboxylic acids is 1. The third-order valence-corrected chi connectivity index (χ3v) is 7.08. The molecule has 2 atom stereocenters. The van der Waals surface area contributed by atoms with E-state index >= 15 is 0 Å². The van der Waals surface area contributed by atoms with Crippen molar-refractivity contribution in [3.8, 4) is 5.75 Å². The molecule has 7 heteroatoms. The van der Waals surface area contributed by atoms with Crippen LogP contribution in [0.3, 0.4) is 0 Å². The molecule has 0 saturated carbocycles. The van der Waals surface area contributed by atoms with Crippen LogP contribution in [0.25, 0.3) is 0 Å². The molecule has 2 heterocycles. The van der Waals surface area contributed by atoms with E-state index in [1.165, 1.54) is 6.07 Å². The molecule has 0 bridgehead atoms. The van der Waals surface area contributed by atoms with E-state index in [1.54, 1.807) is 19.2 Å². The van der Waals surface area contributed by atoms with Crippen LogP contribution < -0.4 is 4.74 Å². The Kier molecular flexibility index (Phi) is 7.48. The fraction of sp³-hybridized carbons (Fsp3) is 0.458. The van der Waals surface area contributed by atoms with Gasteiger partial charge in [-0.25, -0.2) is 4.39 Å². The summed E-state index contributed by atoms with van der Waals surface area (Å²) < 4.78 is 25.5. The summed E-state index contributed by atoms with van der Waals surface area (Å²) in [6.45, 7) is 2.31. The Labute approximate surface area is 187 Å². The van der Waals surface area contributed by atoms with Crippen molar-refractivity contribution in [3.05, 3.63) is 65.5 Å². The van der Waals surface area contributed by atoms with E-state index in [2.05, 4.69) is 4.90 Å². The van der Waals surface area contributed by atoms with Gasteiger partial charge in [-0.3, -0.25) is 9.69 Å². The third kappa shape index (κ3) is 5.79. The molecular weight excluding hydrogens is 415 g/mol. The van der Waals surface area contributed by atoms with Crippen LogP contribution in [0.4, 0.5) is 4.39 Å². The first-order valence-corrected chi connectivity index (χ1v) is 11.9. The highest BCUT2D eigenvalue weighted by Gasteiger charge is 2.33. The molecule has 2 aliphatic heterocycles. The van der Waals surface area contributed by atoms with Gasteiger partial charge in [0.2, 0.25) is 5.91 Å². The maximum Gasteiger partial charge on any atom is 0.237 e. The predicted molar refractivity (Wildman–Crippen MR) is 121 cm³/mol. The van der Waals surface area contributed by atoms with Gasteiger partial charge >= 0.3 is 0 Å². The molecule has 166 valence electrons. The molecule has 2 aromatic rings. The van der Waals surface area contributed by atoms with Crippen LogP contribution in [0.2, 0.25) is 0 Å². The maximum atomic E-state index is 14.1. The Morgan fingerprint density at radius 2 is 1.94 bits per heavy atom. The summed E-state index contributed by atoms with van der Waals surface area (Å²) in [6.07, 6.45) is 0.922. The van der Waals surface area contributed by atoms with E-state index in [1.807, 2.05) is 47.0 Å². The summed E-state index contributed by atoms with van der Waals surface area (Å²) >= 11 is 1.94. The van der Waals surface area contributed by atoms with E-state index in [9.17, 15) is 9.18 Å². The minimum atomic E-state index is -0.258. The molecule has 4 rings (SSSR count). The molecule has 0 aliphatic carbocycles. The van der Waals surface area contributed by atoms with Gasteiger partial charge in [0.05, 0.1) is 26.4 Å². The van der Waals surface area contributed by atoms with Crippen molar-refractivity contribution in [2.24, 2.45) is 0 Å². The number of thioether (sulfide) groups is 1. The van der Waals surface area contributed by atoms with Gasteiger partial charge in [-0.2, -0.15) is 11.8 Å². The van der Waals surface area contributed by atoms with E-state index < -0.39 is 0 Å². The SMILES string of the molecule is COc1ccc(CN2C[C@@H](OCc3ccccc3F)CN([C@H]3CCSC3)CC2=O)cc1. The quantitative estimate of drug-likeness (QED) is 0.653. The number of ether oxygens (including phenoxy) is 2. The predicted octanol–water partition coefficient (Wildman–Crippen LogP) is 3.57. The molecule has 5 nitrogen and oxygen atoms in total. The Bertz CT molecular complexity index is 873. The first kappa shape index (κ1) is 22.1. The highest BCUT2D eigenvalue weighted by Crippen LogP contribution is 2.25. The van der Waals surface area contributed by atoms with Gasteiger partial charge in [0, 0.05) is 37.0 Å². The molecule has 0 unspecified atom stereocenters. The lowest BCUT2D eigenvalue weighted by Crippen LogP contribution is -2.42. The summed E-state index contributed by atoms with van der Waals surface area (Å²) in [5.41, 5.74) is 1.59. The van der Waals surface area contributed by atoms with Gasteiger partial charge in [0.1, 0.15) is 11.6 Å². The monoisotopic (exact) mass is 444 g/mol. The Morgan fingerprint density at radius 3 is 2.65 bits per heavy atom. The smallest absolute Gasteiger partial charge is 0.237 e. The summed E-state index contributed by atoms with van der Waals surface area (Å²) in [6, 6.07) is 14.9. The Balaban J connectivity index is 1.48. The van der Waals surface area contributed by atoms with Gasteiger partial charge in [-0.05, 0) is 35.9 Å². The molecule has 0 N–H and O–H groups in total. The first-order chi connectivity index (χ1) is 15.1. The number of benzene rings is 2. The standard InChI is InChI=1S/C24H29FN2O3S/c1-29-21-8-6-18(7-9-21)12-27-14-22(30-16-19-4-2-3-5-23(19)25)13-26(15-24(27)28)20-10-11-31-17-20/h2-9,20,22H,10-17H2,1H3/t20-,22-/m0/s1. The fourth-order valence-corrected chi connectivity index (χ4v) is 5.38. The Hall–Kier alpha value is -2.09. The summed E-state index contributed by atoms with van der Waals surface area (Å²) in [4.78, 5) is 17.3. The minimum absolute atomic E-state index is 0.115. The van der Waals surface area contributed by atoms with Crippen LogP contribution in [0, 0.1) is 5.82 Å². The van der Waals surface area contributed by atoms with E-state index in [0.717, 1.165) is 29.2 Å². The zero-order valence-corrected chi connectivity index (χ0v) is 18.7. The number of hydrogen-bond acceptors (Lipinski definition) is 5. The molecule has 2 saturated heterocycles. The van der Waals surface area contributed by atoms with Crippen molar-refractivity contribution < 1.29 is 18.7 Å². The van der Waals surface area contributed by atoms with Gasteiger partial charge < -0.3 is 14.4 Å². The second-order valence-corrected chi connectivity index (χ2v) is 9.24.